The number of rotatable bonds is 13. The molecule has 2 N–H and O–H groups in total. The first-order valence-electron chi connectivity index (χ1n) is 15.3. The van der Waals surface area contributed by atoms with Crippen molar-refractivity contribution < 1.29 is 28.6 Å². The summed E-state index contributed by atoms with van der Waals surface area (Å²) in [6, 6.07) is 38.1. The van der Waals surface area contributed by atoms with Crippen molar-refractivity contribution in [1.29, 1.82) is 0 Å². The Labute approximate surface area is 289 Å². The van der Waals surface area contributed by atoms with Crippen LogP contribution in [0.2, 0.25) is 0 Å². The quantitative estimate of drug-likeness (QED) is 0.0981. The van der Waals surface area contributed by atoms with Crippen LogP contribution in [-0.4, -0.2) is 44.8 Å². The first-order chi connectivity index (χ1) is 23.9. The van der Waals surface area contributed by atoms with Gasteiger partial charge in [-0.05, 0) is 84.4 Å². The van der Waals surface area contributed by atoms with Crippen LogP contribution in [0.3, 0.4) is 0 Å². The Morgan fingerprint density at radius 2 is 1.22 bits per heavy atom. The van der Waals surface area contributed by atoms with Crippen molar-refractivity contribution in [3.63, 3.8) is 0 Å². The normalized spacial score (nSPS) is 10.9. The number of anilines is 3. The Morgan fingerprint density at radius 3 is 1.73 bits per heavy atom. The van der Waals surface area contributed by atoms with Crippen LogP contribution in [0.4, 0.5) is 17.1 Å². The van der Waals surface area contributed by atoms with Crippen LogP contribution in [0.25, 0.3) is 6.08 Å². The first-order valence-corrected chi connectivity index (χ1v) is 16.2. The number of methoxy groups -OCH3 is 3. The molecule has 5 aromatic rings. The summed E-state index contributed by atoms with van der Waals surface area (Å²) >= 11 is 1.39. The number of carbonyl (C=O) groups is 3. The Hall–Kier alpha value is -6.00. The third-order valence-electron chi connectivity index (χ3n) is 7.28. The van der Waals surface area contributed by atoms with E-state index in [0.717, 1.165) is 16.3 Å². The van der Waals surface area contributed by atoms with Gasteiger partial charge in [0.1, 0.15) is 5.70 Å². The average Bonchev–Trinajstić information content (AvgIpc) is 3.15. The highest BCUT2D eigenvalue weighted by Gasteiger charge is 2.20. The summed E-state index contributed by atoms with van der Waals surface area (Å²) in [5.41, 5.74) is 2.98. The van der Waals surface area contributed by atoms with E-state index in [0.29, 0.717) is 34.1 Å². The lowest BCUT2D eigenvalue weighted by Crippen LogP contribution is -2.30. The van der Waals surface area contributed by atoms with Gasteiger partial charge in [-0.1, -0.05) is 54.6 Å². The zero-order chi connectivity index (χ0) is 34.6. The number of nitrogens with zero attached hydrogens (tertiary/aromatic N) is 1. The van der Waals surface area contributed by atoms with E-state index in [1.165, 1.54) is 39.2 Å². The molecule has 3 amide bonds. The summed E-state index contributed by atoms with van der Waals surface area (Å²) in [6.07, 6.45) is 1.53. The summed E-state index contributed by atoms with van der Waals surface area (Å²) in [7, 11) is 4.49. The van der Waals surface area contributed by atoms with Crippen molar-refractivity contribution in [2.24, 2.45) is 0 Å². The minimum atomic E-state index is -0.546. The van der Waals surface area contributed by atoms with Gasteiger partial charge in [0, 0.05) is 27.5 Å². The van der Waals surface area contributed by atoms with E-state index in [1.54, 1.807) is 59.5 Å². The number of nitrogens with one attached hydrogen (secondary N) is 2. The van der Waals surface area contributed by atoms with E-state index < -0.39 is 11.8 Å². The number of para-hydroxylation sites is 2. The fraction of sp³-hybridized carbons (Fsp3) is 0.103. The molecular formula is C39H35N3O6S. The minimum absolute atomic E-state index is 0.00547. The van der Waals surface area contributed by atoms with Crippen molar-refractivity contribution in [3.05, 3.63) is 144 Å². The van der Waals surface area contributed by atoms with Crippen molar-refractivity contribution >= 4 is 52.6 Å². The second kappa shape index (κ2) is 16.7. The van der Waals surface area contributed by atoms with Crippen LogP contribution in [-0.2, 0) is 9.59 Å². The highest BCUT2D eigenvalue weighted by Crippen LogP contribution is 2.38. The Bertz CT molecular complexity index is 1850. The van der Waals surface area contributed by atoms with Gasteiger partial charge in [0.15, 0.2) is 11.5 Å². The van der Waals surface area contributed by atoms with Gasteiger partial charge < -0.3 is 24.8 Å². The molecule has 0 saturated heterocycles. The molecule has 0 spiro atoms. The predicted octanol–water partition coefficient (Wildman–Crippen LogP) is 7.58. The molecule has 0 aliphatic heterocycles. The van der Waals surface area contributed by atoms with Crippen LogP contribution in [0.1, 0.15) is 15.9 Å². The fourth-order valence-electron chi connectivity index (χ4n) is 4.93. The zero-order valence-corrected chi connectivity index (χ0v) is 28.0. The summed E-state index contributed by atoms with van der Waals surface area (Å²) in [4.78, 5) is 42.7. The molecule has 248 valence electrons. The number of amides is 3. The van der Waals surface area contributed by atoms with Gasteiger partial charge in [-0.15, -0.1) is 11.8 Å². The number of thioether (sulfide) groups is 1. The summed E-state index contributed by atoms with van der Waals surface area (Å²) in [6.45, 7) is 0. The lowest BCUT2D eigenvalue weighted by atomic mass is 10.1. The lowest BCUT2D eigenvalue weighted by Gasteiger charge is -2.23. The van der Waals surface area contributed by atoms with Gasteiger partial charge in [0.05, 0.1) is 27.1 Å². The van der Waals surface area contributed by atoms with Crippen LogP contribution in [0.15, 0.2) is 138 Å². The summed E-state index contributed by atoms with van der Waals surface area (Å²) in [5.74, 6) is 0.308. The number of benzene rings is 5. The Kier molecular flexibility index (Phi) is 11.7. The maximum atomic E-state index is 13.6. The predicted molar refractivity (Wildman–Crippen MR) is 194 cm³/mol. The monoisotopic (exact) mass is 673 g/mol. The molecule has 0 aliphatic rings. The molecule has 9 nitrogen and oxygen atoms in total. The topological polar surface area (TPSA) is 106 Å². The number of ether oxygens (including phenoxy) is 3. The molecule has 0 fully saturated rings. The Morgan fingerprint density at radius 1 is 0.694 bits per heavy atom. The molecule has 0 aliphatic carbocycles. The summed E-state index contributed by atoms with van der Waals surface area (Å²) in [5, 5.41) is 5.60. The van der Waals surface area contributed by atoms with Gasteiger partial charge in [0.25, 0.3) is 11.8 Å². The van der Waals surface area contributed by atoms with Crippen molar-refractivity contribution in [1.82, 2.24) is 5.32 Å². The van der Waals surface area contributed by atoms with Crippen molar-refractivity contribution in [3.8, 4) is 17.2 Å². The first kappa shape index (κ1) is 34.3. The minimum Gasteiger partial charge on any atom is -0.493 e. The molecule has 0 unspecified atom stereocenters. The SMILES string of the molecule is COc1cc(/C=C(\NC(=O)c2ccccc2)C(=O)Nc2ccc(SCC(=O)N(c3ccccc3)c3ccccc3)cc2)cc(OC)c1OC. The smallest absolute Gasteiger partial charge is 0.272 e. The third-order valence-corrected chi connectivity index (χ3v) is 8.28. The second-order valence-electron chi connectivity index (χ2n) is 10.5. The maximum absolute atomic E-state index is 13.6. The lowest BCUT2D eigenvalue weighted by molar-refractivity contribution is -0.115. The molecule has 0 aromatic heterocycles. The standard InChI is InChI=1S/C39H35N3O6S/c1-46-34-24-27(25-35(47-2)37(34)48-3)23-33(41-38(44)28-13-7-4-8-14-28)39(45)40-29-19-21-32(22-20-29)49-26-36(43)42(30-15-9-5-10-16-30)31-17-11-6-12-18-31/h4-25H,26H2,1-3H3,(H,40,45)(H,41,44)/b33-23-. The van der Waals surface area contributed by atoms with E-state index in [2.05, 4.69) is 10.6 Å². The molecule has 0 atom stereocenters. The van der Waals surface area contributed by atoms with Gasteiger partial charge in [-0.25, -0.2) is 0 Å². The number of carbonyl (C=O) groups excluding carboxylic acids is 3. The molecule has 5 aromatic carbocycles. The van der Waals surface area contributed by atoms with Crippen molar-refractivity contribution in [2.75, 3.05) is 37.3 Å². The maximum Gasteiger partial charge on any atom is 0.272 e. The van der Waals surface area contributed by atoms with Gasteiger partial charge >= 0.3 is 0 Å². The zero-order valence-electron chi connectivity index (χ0n) is 27.2. The van der Waals surface area contributed by atoms with Crippen LogP contribution >= 0.6 is 11.8 Å². The van der Waals surface area contributed by atoms with E-state index in [9.17, 15) is 14.4 Å². The molecule has 10 heteroatoms. The van der Waals surface area contributed by atoms with Crippen LogP contribution in [0, 0.1) is 0 Å². The number of hydrogen-bond donors (Lipinski definition) is 2. The second-order valence-corrected chi connectivity index (χ2v) is 11.6. The number of hydrogen-bond acceptors (Lipinski definition) is 7. The van der Waals surface area contributed by atoms with Crippen LogP contribution in [0.5, 0.6) is 17.2 Å². The molecule has 0 radical (unpaired) electrons. The molecule has 0 saturated carbocycles. The molecule has 49 heavy (non-hydrogen) atoms. The Balaban J connectivity index is 1.32. The highest BCUT2D eigenvalue weighted by molar-refractivity contribution is 8.00. The van der Waals surface area contributed by atoms with E-state index in [1.807, 2.05) is 72.8 Å². The van der Waals surface area contributed by atoms with Crippen molar-refractivity contribution in [2.45, 2.75) is 4.90 Å². The van der Waals surface area contributed by atoms with Gasteiger partial charge in [-0.2, -0.15) is 0 Å². The molecular weight excluding hydrogens is 639 g/mol. The van der Waals surface area contributed by atoms with E-state index >= 15 is 0 Å². The molecule has 0 heterocycles. The fourth-order valence-corrected chi connectivity index (χ4v) is 5.68. The largest absolute Gasteiger partial charge is 0.493 e. The van der Waals surface area contributed by atoms with Gasteiger partial charge in [-0.3, -0.25) is 19.3 Å². The molecule has 5 rings (SSSR count). The van der Waals surface area contributed by atoms with E-state index in [4.69, 9.17) is 14.2 Å². The van der Waals surface area contributed by atoms with E-state index in [-0.39, 0.29) is 17.4 Å². The van der Waals surface area contributed by atoms with Gasteiger partial charge in [0.2, 0.25) is 11.7 Å². The summed E-state index contributed by atoms with van der Waals surface area (Å²) < 4.78 is 16.3. The average molecular weight is 674 g/mol. The highest BCUT2D eigenvalue weighted by atomic mass is 32.2. The molecule has 0 bridgehead atoms. The third kappa shape index (κ3) is 8.88. The van der Waals surface area contributed by atoms with Crippen LogP contribution < -0.4 is 29.7 Å².